The highest BCUT2D eigenvalue weighted by Gasteiger charge is 2.58. The number of fused-ring (bicyclic) bond motifs is 5. The SMILES string of the molecule is C[C@]12CC[C@H]3[C@@H](CCC4=C/C(=N\OCC(=O)NCc5ccc(C(=O)O)cc5)CC[C@@]43C)[C@@H]1CC[C@@H]2O. The fraction of sp³-hybridized carbons (Fsp3) is 0.621. The Morgan fingerprint density at radius 1 is 1.06 bits per heavy atom. The third-order valence-corrected chi connectivity index (χ3v) is 10.00. The topological polar surface area (TPSA) is 108 Å². The molecule has 7 heteroatoms. The number of benzene rings is 1. The van der Waals surface area contributed by atoms with E-state index in [4.69, 9.17) is 9.94 Å². The molecule has 0 aromatic heterocycles. The van der Waals surface area contributed by atoms with Crippen LogP contribution < -0.4 is 5.32 Å². The molecular weight excluding hydrogens is 456 g/mol. The van der Waals surface area contributed by atoms with E-state index in [1.807, 2.05) is 0 Å². The zero-order valence-electron chi connectivity index (χ0n) is 21.3. The van der Waals surface area contributed by atoms with Crippen LogP contribution in [0.2, 0.25) is 0 Å². The number of carbonyl (C=O) groups is 2. The van der Waals surface area contributed by atoms with Gasteiger partial charge in [0.15, 0.2) is 6.61 Å². The zero-order valence-corrected chi connectivity index (χ0v) is 21.3. The largest absolute Gasteiger partial charge is 0.478 e. The average molecular weight is 495 g/mol. The third kappa shape index (κ3) is 4.47. The van der Waals surface area contributed by atoms with Crippen molar-refractivity contribution in [2.45, 2.75) is 77.9 Å². The van der Waals surface area contributed by atoms with Crippen molar-refractivity contribution < 1.29 is 24.6 Å². The maximum atomic E-state index is 12.2. The number of aromatic carboxylic acids is 1. The fourth-order valence-electron chi connectivity index (χ4n) is 7.81. The summed E-state index contributed by atoms with van der Waals surface area (Å²) in [6.45, 7) is 4.93. The van der Waals surface area contributed by atoms with Gasteiger partial charge in [-0.15, -0.1) is 0 Å². The number of aliphatic hydroxyl groups is 1. The van der Waals surface area contributed by atoms with Gasteiger partial charge in [-0.3, -0.25) is 4.79 Å². The smallest absolute Gasteiger partial charge is 0.335 e. The number of rotatable bonds is 6. The number of amides is 1. The minimum atomic E-state index is -0.973. The number of hydrogen-bond acceptors (Lipinski definition) is 5. The number of hydrogen-bond donors (Lipinski definition) is 3. The lowest BCUT2D eigenvalue weighted by molar-refractivity contribution is -0.125. The van der Waals surface area contributed by atoms with Crippen molar-refractivity contribution in [3.05, 3.63) is 47.0 Å². The Balaban J connectivity index is 1.15. The van der Waals surface area contributed by atoms with E-state index >= 15 is 0 Å². The molecule has 0 saturated heterocycles. The number of carboxylic acid groups (broad SMARTS) is 1. The summed E-state index contributed by atoms with van der Waals surface area (Å²) in [7, 11) is 0. The molecule has 7 nitrogen and oxygen atoms in total. The van der Waals surface area contributed by atoms with Crippen LogP contribution in [0.3, 0.4) is 0 Å². The van der Waals surface area contributed by atoms with Crippen LogP contribution in [0, 0.1) is 28.6 Å². The predicted molar refractivity (Wildman–Crippen MR) is 136 cm³/mol. The van der Waals surface area contributed by atoms with Crippen LogP contribution >= 0.6 is 0 Å². The quantitative estimate of drug-likeness (QED) is 0.497. The molecule has 1 amide bonds. The molecule has 5 rings (SSSR count). The Hall–Kier alpha value is -2.67. The van der Waals surface area contributed by atoms with Gasteiger partial charge in [-0.05, 0) is 104 Å². The normalized spacial score (nSPS) is 36.3. The van der Waals surface area contributed by atoms with E-state index in [0.717, 1.165) is 43.4 Å². The lowest BCUT2D eigenvalue weighted by atomic mass is 9.47. The van der Waals surface area contributed by atoms with Crippen LogP contribution in [0.5, 0.6) is 0 Å². The van der Waals surface area contributed by atoms with E-state index in [1.165, 1.54) is 37.0 Å². The summed E-state index contributed by atoms with van der Waals surface area (Å²) in [5, 5.41) is 26.7. The highest BCUT2D eigenvalue weighted by atomic mass is 16.6. The van der Waals surface area contributed by atoms with Crippen molar-refractivity contribution >= 4 is 17.6 Å². The van der Waals surface area contributed by atoms with Crippen LogP contribution in [0.15, 0.2) is 41.1 Å². The Kier molecular flexibility index (Phi) is 6.70. The van der Waals surface area contributed by atoms with Crippen LogP contribution in [-0.2, 0) is 16.2 Å². The number of carboxylic acids is 1. The number of allylic oxidation sites excluding steroid dienone is 2. The van der Waals surface area contributed by atoms with E-state index in [2.05, 4.69) is 30.4 Å². The van der Waals surface area contributed by atoms with Crippen LogP contribution in [0.4, 0.5) is 0 Å². The molecule has 0 unspecified atom stereocenters. The molecule has 3 fully saturated rings. The monoisotopic (exact) mass is 494 g/mol. The summed E-state index contributed by atoms with van der Waals surface area (Å²) in [4.78, 5) is 28.5. The van der Waals surface area contributed by atoms with Crippen molar-refractivity contribution in [2.24, 2.45) is 33.7 Å². The van der Waals surface area contributed by atoms with Gasteiger partial charge in [-0.2, -0.15) is 0 Å². The first-order valence-corrected chi connectivity index (χ1v) is 13.4. The lowest BCUT2D eigenvalue weighted by Gasteiger charge is -2.57. The van der Waals surface area contributed by atoms with Gasteiger partial charge >= 0.3 is 5.97 Å². The first-order chi connectivity index (χ1) is 17.2. The fourth-order valence-corrected chi connectivity index (χ4v) is 7.81. The summed E-state index contributed by atoms with van der Waals surface area (Å²) in [5.74, 6) is 0.802. The molecule has 194 valence electrons. The summed E-state index contributed by atoms with van der Waals surface area (Å²) < 4.78 is 0. The molecule has 0 spiro atoms. The minimum Gasteiger partial charge on any atom is -0.478 e. The number of nitrogens with zero attached hydrogens (tertiary/aromatic N) is 1. The van der Waals surface area contributed by atoms with Gasteiger partial charge in [0.25, 0.3) is 5.91 Å². The Labute approximate surface area is 213 Å². The maximum absolute atomic E-state index is 12.2. The number of oxime groups is 1. The molecule has 36 heavy (non-hydrogen) atoms. The van der Waals surface area contributed by atoms with Gasteiger partial charge in [0.2, 0.25) is 0 Å². The second-order valence-corrected chi connectivity index (χ2v) is 11.8. The Bertz CT molecular complexity index is 1080. The molecule has 0 bridgehead atoms. The van der Waals surface area contributed by atoms with Crippen LogP contribution in [0.25, 0.3) is 0 Å². The second kappa shape index (κ2) is 9.66. The third-order valence-electron chi connectivity index (χ3n) is 10.00. The molecule has 3 N–H and O–H groups in total. The van der Waals surface area contributed by atoms with E-state index in [9.17, 15) is 14.7 Å². The van der Waals surface area contributed by atoms with Crippen molar-refractivity contribution in [3.63, 3.8) is 0 Å². The highest BCUT2D eigenvalue weighted by molar-refractivity contribution is 5.96. The van der Waals surface area contributed by atoms with Gasteiger partial charge in [0, 0.05) is 6.54 Å². The molecule has 0 radical (unpaired) electrons. The van der Waals surface area contributed by atoms with Crippen LogP contribution in [0.1, 0.15) is 81.1 Å². The summed E-state index contributed by atoms with van der Waals surface area (Å²) in [6.07, 6.45) is 10.7. The number of aliphatic hydroxyl groups excluding tert-OH is 1. The Morgan fingerprint density at radius 2 is 1.83 bits per heavy atom. The van der Waals surface area contributed by atoms with Crippen molar-refractivity contribution in [1.29, 1.82) is 0 Å². The summed E-state index contributed by atoms with van der Waals surface area (Å²) in [5.41, 5.74) is 3.74. The second-order valence-electron chi connectivity index (χ2n) is 11.8. The molecule has 0 aliphatic heterocycles. The molecule has 4 aliphatic carbocycles. The first-order valence-electron chi connectivity index (χ1n) is 13.4. The van der Waals surface area contributed by atoms with Gasteiger partial charge in [0.05, 0.1) is 17.4 Å². The van der Waals surface area contributed by atoms with E-state index in [-0.39, 0.29) is 35.0 Å². The van der Waals surface area contributed by atoms with E-state index in [1.54, 1.807) is 12.1 Å². The number of nitrogens with one attached hydrogen (secondary N) is 1. The van der Waals surface area contributed by atoms with Crippen molar-refractivity contribution in [1.82, 2.24) is 5.32 Å². The molecule has 1 aromatic carbocycles. The first kappa shape index (κ1) is 25.0. The number of carbonyl (C=O) groups excluding carboxylic acids is 1. The highest BCUT2D eigenvalue weighted by Crippen LogP contribution is 2.65. The average Bonchev–Trinajstić information content (AvgIpc) is 3.17. The summed E-state index contributed by atoms with van der Waals surface area (Å²) >= 11 is 0. The van der Waals surface area contributed by atoms with Gasteiger partial charge in [0.1, 0.15) is 0 Å². The predicted octanol–water partition coefficient (Wildman–Crippen LogP) is 4.70. The van der Waals surface area contributed by atoms with Gasteiger partial charge in [-0.25, -0.2) is 4.79 Å². The van der Waals surface area contributed by atoms with E-state index < -0.39 is 5.97 Å². The maximum Gasteiger partial charge on any atom is 0.335 e. The van der Waals surface area contributed by atoms with E-state index in [0.29, 0.717) is 24.3 Å². The van der Waals surface area contributed by atoms with Crippen molar-refractivity contribution in [2.75, 3.05) is 6.61 Å². The molecule has 1 aromatic rings. The summed E-state index contributed by atoms with van der Waals surface area (Å²) in [6, 6.07) is 6.42. The van der Waals surface area contributed by atoms with Crippen molar-refractivity contribution in [3.8, 4) is 0 Å². The Morgan fingerprint density at radius 3 is 2.58 bits per heavy atom. The molecule has 3 saturated carbocycles. The standard InChI is InChI=1S/C29H38N2O5/c1-28-13-11-21(31-36-17-26(33)30-16-18-3-5-19(6-4-18)27(34)35)15-20(28)7-8-22-23-9-10-25(32)29(23,2)14-12-24(22)28/h3-6,15,22-25,32H,7-14,16-17H2,1-2H3,(H,30,33)(H,34,35)/b31-21-/t22-,23-,24-,25-,28-,29-/m0/s1. The molecule has 4 aliphatic rings. The van der Waals surface area contributed by atoms with Gasteiger partial charge in [-0.1, -0.05) is 36.7 Å². The zero-order chi connectivity index (χ0) is 25.5. The van der Waals surface area contributed by atoms with Gasteiger partial charge < -0.3 is 20.4 Å². The lowest BCUT2D eigenvalue weighted by Crippen LogP contribution is -2.51. The molecule has 0 heterocycles. The molecular formula is C29H38N2O5. The van der Waals surface area contributed by atoms with Crippen LogP contribution in [-0.4, -0.2) is 40.5 Å². The molecule has 6 atom stereocenters. The minimum absolute atomic E-state index is 0.108.